The minimum atomic E-state index is 0.599. The standard InChI is InChI=1S/2C9H17NO/c2*1-10(2)8-6-11-9-5-3-4-7(8)9/h2*7-9H,3-6H2,1-2H3/t2*7-,8?,9-/m10/s1. The highest BCUT2D eigenvalue weighted by atomic mass is 16.5. The summed E-state index contributed by atoms with van der Waals surface area (Å²) in [4.78, 5) is 4.63. The van der Waals surface area contributed by atoms with Gasteiger partial charge in [0.15, 0.2) is 0 Å². The van der Waals surface area contributed by atoms with Gasteiger partial charge in [-0.1, -0.05) is 12.8 Å². The molecule has 0 amide bonds. The minimum absolute atomic E-state index is 0.599. The Morgan fingerprint density at radius 1 is 0.636 bits per heavy atom. The van der Waals surface area contributed by atoms with E-state index in [1.165, 1.54) is 38.5 Å². The fourth-order valence-corrected chi connectivity index (χ4v) is 4.96. The molecule has 22 heavy (non-hydrogen) atoms. The van der Waals surface area contributed by atoms with E-state index in [0.717, 1.165) is 25.0 Å². The van der Waals surface area contributed by atoms with Crippen LogP contribution in [-0.2, 0) is 9.47 Å². The van der Waals surface area contributed by atoms with Crippen LogP contribution in [0.15, 0.2) is 0 Å². The lowest BCUT2D eigenvalue weighted by atomic mass is 9.99. The van der Waals surface area contributed by atoms with Gasteiger partial charge in [-0.25, -0.2) is 0 Å². The largest absolute Gasteiger partial charge is 0.376 e. The molecule has 4 nitrogen and oxygen atoms in total. The second-order valence-electron chi connectivity index (χ2n) is 8.00. The summed E-state index contributed by atoms with van der Waals surface area (Å²) in [5.74, 6) is 1.68. The van der Waals surface area contributed by atoms with Gasteiger partial charge in [0.25, 0.3) is 0 Å². The van der Waals surface area contributed by atoms with Gasteiger partial charge in [-0.2, -0.15) is 0 Å². The molecule has 0 radical (unpaired) electrons. The third-order valence-electron chi connectivity index (χ3n) is 6.28. The van der Waals surface area contributed by atoms with Crippen molar-refractivity contribution in [2.45, 2.75) is 62.8 Å². The van der Waals surface area contributed by atoms with E-state index in [4.69, 9.17) is 9.47 Å². The number of likely N-dealkylation sites (N-methyl/N-ethyl adjacent to an activating group) is 2. The van der Waals surface area contributed by atoms with Crippen LogP contribution in [0.25, 0.3) is 0 Å². The maximum atomic E-state index is 5.71. The predicted molar refractivity (Wildman–Crippen MR) is 89.1 cm³/mol. The van der Waals surface area contributed by atoms with Crippen molar-refractivity contribution in [1.29, 1.82) is 0 Å². The Morgan fingerprint density at radius 2 is 1.05 bits per heavy atom. The zero-order valence-corrected chi connectivity index (χ0v) is 14.8. The van der Waals surface area contributed by atoms with Crippen LogP contribution in [0.1, 0.15) is 38.5 Å². The van der Waals surface area contributed by atoms with Crippen molar-refractivity contribution >= 4 is 0 Å². The summed E-state index contributed by atoms with van der Waals surface area (Å²) in [6.07, 6.45) is 9.31. The second kappa shape index (κ2) is 7.16. The molecule has 2 unspecified atom stereocenters. The fraction of sp³-hybridized carbons (Fsp3) is 1.00. The fourth-order valence-electron chi connectivity index (χ4n) is 4.96. The zero-order chi connectivity index (χ0) is 15.7. The number of hydrogen-bond acceptors (Lipinski definition) is 4. The van der Waals surface area contributed by atoms with E-state index < -0.39 is 0 Å². The van der Waals surface area contributed by atoms with E-state index >= 15 is 0 Å². The lowest BCUT2D eigenvalue weighted by molar-refractivity contribution is 0.0980. The van der Waals surface area contributed by atoms with Gasteiger partial charge in [0.05, 0.1) is 25.4 Å². The quantitative estimate of drug-likeness (QED) is 0.781. The second-order valence-corrected chi connectivity index (χ2v) is 8.00. The summed E-state index contributed by atoms with van der Waals surface area (Å²) in [5, 5.41) is 0. The molecular weight excluding hydrogens is 276 g/mol. The SMILES string of the molecule is CN(C)C1CO[C@@H]2CCC[C@H]12.CN(C)C1CO[C@H]2CCC[C@@H]12. The Bertz CT molecular complexity index is 327. The van der Waals surface area contributed by atoms with Gasteiger partial charge < -0.3 is 19.3 Å². The van der Waals surface area contributed by atoms with E-state index in [0.29, 0.717) is 24.3 Å². The molecule has 0 bridgehead atoms. The van der Waals surface area contributed by atoms with Gasteiger partial charge in [0.1, 0.15) is 0 Å². The van der Waals surface area contributed by atoms with E-state index in [1.807, 2.05) is 0 Å². The molecular formula is C18H34N2O2. The van der Waals surface area contributed by atoms with E-state index in [-0.39, 0.29) is 0 Å². The number of ether oxygens (including phenoxy) is 2. The highest BCUT2D eigenvalue weighted by molar-refractivity contribution is 4.93. The van der Waals surface area contributed by atoms with Crippen molar-refractivity contribution in [3.05, 3.63) is 0 Å². The summed E-state index contributed by atoms with van der Waals surface area (Å²) >= 11 is 0. The van der Waals surface area contributed by atoms with E-state index in [2.05, 4.69) is 38.0 Å². The van der Waals surface area contributed by atoms with Crippen LogP contribution in [0.2, 0.25) is 0 Å². The number of nitrogens with zero attached hydrogens (tertiary/aromatic N) is 2. The Balaban J connectivity index is 0.000000131. The number of hydrogen-bond donors (Lipinski definition) is 0. The first-order chi connectivity index (χ1) is 10.6. The Morgan fingerprint density at radius 3 is 1.41 bits per heavy atom. The van der Waals surface area contributed by atoms with Crippen molar-refractivity contribution in [3.8, 4) is 0 Å². The monoisotopic (exact) mass is 310 g/mol. The average Bonchev–Trinajstić information content (AvgIpc) is 3.19. The molecule has 128 valence electrons. The Kier molecular flexibility index (Phi) is 5.43. The van der Waals surface area contributed by atoms with Gasteiger partial charge in [0.2, 0.25) is 0 Å². The first-order valence-corrected chi connectivity index (χ1v) is 9.14. The lowest BCUT2D eigenvalue weighted by Crippen LogP contribution is -2.34. The summed E-state index contributed by atoms with van der Waals surface area (Å²) in [6, 6.07) is 1.39. The molecule has 2 aliphatic heterocycles. The molecule has 2 saturated carbocycles. The van der Waals surface area contributed by atoms with Gasteiger partial charge >= 0.3 is 0 Å². The summed E-state index contributed by atoms with van der Waals surface area (Å²) in [5.41, 5.74) is 0. The van der Waals surface area contributed by atoms with E-state index in [9.17, 15) is 0 Å². The molecule has 4 rings (SSSR count). The normalized spacial score (nSPS) is 43.4. The summed E-state index contributed by atoms with van der Waals surface area (Å²) < 4.78 is 11.4. The molecule has 0 aromatic carbocycles. The molecule has 2 aliphatic carbocycles. The van der Waals surface area contributed by atoms with Crippen LogP contribution in [0.3, 0.4) is 0 Å². The predicted octanol–water partition coefficient (Wildman–Crippen LogP) is 2.23. The smallest absolute Gasteiger partial charge is 0.0629 e. The molecule has 2 saturated heterocycles. The molecule has 0 spiro atoms. The molecule has 4 heteroatoms. The maximum absolute atomic E-state index is 5.71. The summed E-state index contributed by atoms with van der Waals surface area (Å²) in [7, 11) is 8.65. The van der Waals surface area contributed by atoms with Crippen LogP contribution in [-0.4, -0.2) is 75.5 Å². The molecule has 0 aromatic rings. The third-order valence-corrected chi connectivity index (χ3v) is 6.28. The maximum Gasteiger partial charge on any atom is 0.0629 e. The molecule has 4 fully saturated rings. The van der Waals surface area contributed by atoms with Crippen molar-refractivity contribution in [2.24, 2.45) is 11.8 Å². The topological polar surface area (TPSA) is 24.9 Å². The van der Waals surface area contributed by atoms with Crippen molar-refractivity contribution in [2.75, 3.05) is 41.4 Å². The average molecular weight is 310 g/mol. The Hall–Kier alpha value is -0.160. The van der Waals surface area contributed by atoms with Crippen molar-refractivity contribution in [3.63, 3.8) is 0 Å². The van der Waals surface area contributed by atoms with Crippen LogP contribution >= 0.6 is 0 Å². The number of rotatable bonds is 2. The van der Waals surface area contributed by atoms with Gasteiger partial charge in [-0.05, 0) is 53.9 Å². The van der Waals surface area contributed by atoms with Crippen molar-refractivity contribution in [1.82, 2.24) is 9.80 Å². The van der Waals surface area contributed by atoms with Gasteiger partial charge in [-0.15, -0.1) is 0 Å². The van der Waals surface area contributed by atoms with Crippen LogP contribution in [0.5, 0.6) is 0 Å². The van der Waals surface area contributed by atoms with Gasteiger partial charge in [-0.3, -0.25) is 0 Å². The zero-order valence-electron chi connectivity index (χ0n) is 14.8. The molecule has 4 aliphatic rings. The van der Waals surface area contributed by atoms with Crippen molar-refractivity contribution < 1.29 is 9.47 Å². The summed E-state index contributed by atoms with van der Waals surface area (Å²) in [6.45, 7) is 1.92. The first kappa shape index (κ1) is 16.7. The Labute approximate surface area is 136 Å². The first-order valence-electron chi connectivity index (χ1n) is 9.14. The van der Waals surface area contributed by atoms with E-state index in [1.54, 1.807) is 0 Å². The molecule has 0 N–H and O–H groups in total. The van der Waals surface area contributed by atoms with Crippen LogP contribution < -0.4 is 0 Å². The molecule has 0 aromatic heterocycles. The third kappa shape index (κ3) is 3.35. The highest BCUT2D eigenvalue weighted by Crippen LogP contribution is 2.38. The molecule has 2 heterocycles. The number of fused-ring (bicyclic) bond motifs is 2. The highest BCUT2D eigenvalue weighted by Gasteiger charge is 2.41. The lowest BCUT2D eigenvalue weighted by Gasteiger charge is -2.22. The minimum Gasteiger partial charge on any atom is -0.376 e. The molecule has 6 atom stereocenters. The van der Waals surface area contributed by atoms with Crippen LogP contribution in [0.4, 0.5) is 0 Å². The van der Waals surface area contributed by atoms with Gasteiger partial charge in [0, 0.05) is 23.9 Å². The van der Waals surface area contributed by atoms with Crippen LogP contribution in [0, 0.1) is 11.8 Å².